The second-order valence-corrected chi connectivity index (χ2v) is 4.76. The van der Waals surface area contributed by atoms with Crippen molar-refractivity contribution >= 4 is 6.41 Å². The third kappa shape index (κ3) is 2.99. The molecule has 0 bridgehead atoms. The molecule has 3 heteroatoms. The maximum absolute atomic E-state index is 10.7. The largest absolute Gasteiger partial charge is 0.508 e. The Morgan fingerprint density at radius 3 is 2.71 bits per heavy atom. The molecule has 17 heavy (non-hydrogen) atoms. The summed E-state index contributed by atoms with van der Waals surface area (Å²) in [7, 11) is 0. The highest BCUT2D eigenvalue weighted by molar-refractivity contribution is 5.48. The molecule has 92 valence electrons. The Balaban J connectivity index is 2.18. The van der Waals surface area contributed by atoms with E-state index < -0.39 is 0 Å². The van der Waals surface area contributed by atoms with Gasteiger partial charge < -0.3 is 10.4 Å². The van der Waals surface area contributed by atoms with Crippen LogP contribution in [0.4, 0.5) is 0 Å². The van der Waals surface area contributed by atoms with Gasteiger partial charge in [0.25, 0.3) is 0 Å². The van der Waals surface area contributed by atoms with Crippen LogP contribution in [0.1, 0.15) is 43.7 Å². The summed E-state index contributed by atoms with van der Waals surface area (Å²) in [5.74, 6) is 0.756. The molecule has 1 aliphatic carbocycles. The van der Waals surface area contributed by atoms with E-state index in [9.17, 15) is 9.90 Å². The van der Waals surface area contributed by atoms with E-state index in [4.69, 9.17) is 0 Å². The smallest absolute Gasteiger partial charge is 0.207 e. The molecule has 0 aromatic heterocycles. The normalized spacial score (nSPS) is 18.6. The number of phenols is 1. The molecule has 3 nitrogen and oxygen atoms in total. The zero-order valence-electron chi connectivity index (χ0n) is 9.93. The van der Waals surface area contributed by atoms with E-state index >= 15 is 0 Å². The molecule has 1 aromatic carbocycles. The van der Waals surface area contributed by atoms with E-state index in [1.807, 2.05) is 12.1 Å². The number of hydrogen-bond acceptors (Lipinski definition) is 2. The van der Waals surface area contributed by atoms with E-state index in [1.54, 1.807) is 12.1 Å². The lowest BCUT2D eigenvalue weighted by molar-refractivity contribution is -0.110. The molecule has 0 aliphatic heterocycles. The number of nitrogens with one attached hydrogen (secondary N) is 1. The quantitative estimate of drug-likeness (QED) is 0.786. The molecule has 1 unspecified atom stereocenters. The highest BCUT2D eigenvalue weighted by Crippen LogP contribution is 2.34. The highest BCUT2D eigenvalue weighted by Gasteiger charge is 2.24. The summed E-state index contributed by atoms with van der Waals surface area (Å²) in [6, 6.07) is 7.24. The predicted molar refractivity (Wildman–Crippen MR) is 66.6 cm³/mol. The minimum atomic E-state index is 0.0416. The van der Waals surface area contributed by atoms with Gasteiger partial charge >= 0.3 is 0 Å². The van der Waals surface area contributed by atoms with Crippen molar-refractivity contribution in [2.75, 3.05) is 0 Å². The average molecular weight is 233 g/mol. The number of aromatic hydroxyl groups is 1. The van der Waals surface area contributed by atoms with Crippen LogP contribution in [0.5, 0.6) is 5.75 Å². The van der Waals surface area contributed by atoms with Gasteiger partial charge in [-0.1, -0.05) is 31.4 Å². The molecule has 1 saturated carbocycles. The number of amides is 1. The molecule has 2 rings (SSSR count). The van der Waals surface area contributed by atoms with Crippen LogP contribution in [-0.4, -0.2) is 11.5 Å². The second kappa shape index (κ2) is 5.71. The fourth-order valence-electron chi connectivity index (χ4n) is 2.76. The number of hydrogen-bond donors (Lipinski definition) is 2. The number of phenolic OH excluding ortho intramolecular Hbond substituents is 1. The van der Waals surface area contributed by atoms with Crippen molar-refractivity contribution in [1.82, 2.24) is 5.32 Å². The first kappa shape index (κ1) is 12.0. The first-order valence-electron chi connectivity index (χ1n) is 6.30. The third-order valence-electron chi connectivity index (χ3n) is 3.60. The van der Waals surface area contributed by atoms with Crippen molar-refractivity contribution in [3.63, 3.8) is 0 Å². The van der Waals surface area contributed by atoms with Gasteiger partial charge in [-0.15, -0.1) is 0 Å². The van der Waals surface area contributed by atoms with Crippen molar-refractivity contribution in [1.29, 1.82) is 0 Å². The Kier molecular flexibility index (Phi) is 4.02. The lowest BCUT2D eigenvalue weighted by Crippen LogP contribution is -2.28. The first-order valence-corrected chi connectivity index (χ1v) is 6.30. The van der Waals surface area contributed by atoms with Gasteiger partial charge in [-0.3, -0.25) is 4.79 Å². The summed E-state index contributed by atoms with van der Waals surface area (Å²) >= 11 is 0. The lowest BCUT2D eigenvalue weighted by Gasteiger charge is -2.30. The standard InChI is InChI=1S/C14H19NO2/c16-10-15-14(11-5-2-1-3-6-11)12-7-4-8-13(17)9-12/h4,7-11,14,17H,1-3,5-6H2,(H,15,16). The van der Waals surface area contributed by atoms with Gasteiger partial charge in [-0.05, 0) is 36.5 Å². The summed E-state index contributed by atoms with van der Waals surface area (Å²) in [4.78, 5) is 10.7. The topological polar surface area (TPSA) is 49.3 Å². The van der Waals surface area contributed by atoms with Crippen molar-refractivity contribution in [2.24, 2.45) is 5.92 Å². The minimum absolute atomic E-state index is 0.0416. The van der Waals surface area contributed by atoms with Crippen LogP contribution in [0.2, 0.25) is 0 Å². The summed E-state index contributed by atoms with van der Waals surface area (Å²) in [5.41, 5.74) is 1.00. The fourth-order valence-corrected chi connectivity index (χ4v) is 2.76. The van der Waals surface area contributed by atoms with E-state index in [2.05, 4.69) is 5.32 Å². The van der Waals surface area contributed by atoms with Crippen molar-refractivity contribution in [3.05, 3.63) is 29.8 Å². The van der Waals surface area contributed by atoms with Gasteiger partial charge in [-0.2, -0.15) is 0 Å². The van der Waals surface area contributed by atoms with E-state index in [1.165, 1.54) is 19.3 Å². The summed E-state index contributed by atoms with van der Waals surface area (Å²) < 4.78 is 0. The van der Waals surface area contributed by atoms with Gasteiger partial charge in [0, 0.05) is 0 Å². The number of carbonyl (C=O) groups is 1. The van der Waals surface area contributed by atoms with Gasteiger partial charge in [0.1, 0.15) is 5.75 Å². The Hall–Kier alpha value is -1.51. The lowest BCUT2D eigenvalue weighted by atomic mass is 9.81. The van der Waals surface area contributed by atoms with Crippen LogP contribution in [0.25, 0.3) is 0 Å². The van der Waals surface area contributed by atoms with E-state index in [-0.39, 0.29) is 11.8 Å². The summed E-state index contributed by atoms with van der Waals surface area (Å²) in [6.07, 6.45) is 6.84. The monoisotopic (exact) mass is 233 g/mol. The van der Waals surface area contributed by atoms with Crippen molar-refractivity contribution in [2.45, 2.75) is 38.1 Å². The molecule has 1 aliphatic rings. The fraction of sp³-hybridized carbons (Fsp3) is 0.500. The van der Waals surface area contributed by atoms with E-state index in [0.29, 0.717) is 5.92 Å². The number of benzene rings is 1. The molecule has 0 radical (unpaired) electrons. The molecule has 1 atom stereocenters. The minimum Gasteiger partial charge on any atom is -0.508 e. The number of rotatable bonds is 4. The Labute approximate surface area is 102 Å². The molecule has 1 amide bonds. The van der Waals surface area contributed by atoms with Crippen LogP contribution >= 0.6 is 0 Å². The number of carbonyl (C=O) groups excluding carboxylic acids is 1. The maximum Gasteiger partial charge on any atom is 0.207 e. The van der Waals surface area contributed by atoms with Crippen molar-refractivity contribution in [3.8, 4) is 5.75 Å². The third-order valence-corrected chi connectivity index (χ3v) is 3.60. The first-order chi connectivity index (χ1) is 8.31. The van der Waals surface area contributed by atoms with Gasteiger partial charge in [0.05, 0.1) is 6.04 Å². The van der Waals surface area contributed by atoms with Gasteiger partial charge in [0.15, 0.2) is 0 Å². The molecule has 0 spiro atoms. The molecular formula is C14H19NO2. The Morgan fingerprint density at radius 1 is 1.29 bits per heavy atom. The van der Waals surface area contributed by atoms with Crippen LogP contribution in [0.3, 0.4) is 0 Å². The maximum atomic E-state index is 10.7. The van der Waals surface area contributed by atoms with Gasteiger partial charge in [0.2, 0.25) is 6.41 Å². The van der Waals surface area contributed by atoms with Crippen LogP contribution in [0.15, 0.2) is 24.3 Å². The molecule has 2 N–H and O–H groups in total. The molecule has 0 saturated heterocycles. The zero-order chi connectivity index (χ0) is 12.1. The SMILES string of the molecule is O=CNC(c1cccc(O)c1)C1CCCCC1. The predicted octanol–water partition coefficient (Wildman–Crippen LogP) is 2.76. The summed E-state index contributed by atoms with van der Waals surface area (Å²) in [6.45, 7) is 0. The second-order valence-electron chi connectivity index (χ2n) is 4.76. The van der Waals surface area contributed by atoms with Crippen LogP contribution in [-0.2, 0) is 4.79 Å². The molecule has 0 heterocycles. The van der Waals surface area contributed by atoms with E-state index in [0.717, 1.165) is 24.8 Å². The molecular weight excluding hydrogens is 214 g/mol. The van der Waals surface area contributed by atoms with Crippen LogP contribution in [0, 0.1) is 5.92 Å². The van der Waals surface area contributed by atoms with Crippen LogP contribution < -0.4 is 5.32 Å². The van der Waals surface area contributed by atoms with Crippen molar-refractivity contribution < 1.29 is 9.90 Å². The molecule has 1 fully saturated rings. The van der Waals surface area contributed by atoms with Gasteiger partial charge in [-0.25, -0.2) is 0 Å². The highest BCUT2D eigenvalue weighted by atomic mass is 16.3. The summed E-state index contributed by atoms with van der Waals surface area (Å²) in [5, 5.41) is 12.4. The molecule has 1 aromatic rings. The zero-order valence-corrected chi connectivity index (χ0v) is 9.93. The Bertz CT molecular complexity index is 372. The Morgan fingerprint density at radius 2 is 2.06 bits per heavy atom. The average Bonchev–Trinajstić information content (AvgIpc) is 2.37.